The normalized spacial score (nSPS) is 16.1. The minimum absolute atomic E-state index is 0.00169. The Morgan fingerprint density at radius 1 is 1.29 bits per heavy atom. The van der Waals surface area contributed by atoms with E-state index in [2.05, 4.69) is 22.3 Å². The molecule has 6 heteroatoms. The van der Waals surface area contributed by atoms with Crippen molar-refractivity contribution < 1.29 is 14.3 Å². The predicted molar refractivity (Wildman–Crippen MR) is 108 cm³/mol. The van der Waals surface area contributed by atoms with E-state index in [-0.39, 0.29) is 6.04 Å². The molecule has 0 saturated carbocycles. The molecule has 28 heavy (non-hydrogen) atoms. The summed E-state index contributed by atoms with van der Waals surface area (Å²) in [6.45, 7) is 3.23. The van der Waals surface area contributed by atoms with Crippen molar-refractivity contribution >= 4 is 17.3 Å². The molecular formula is C22H25N3O3. The van der Waals surface area contributed by atoms with Crippen LogP contribution in [0.4, 0.5) is 0 Å². The second-order valence-corrected chi connectivity index (χ2v) is 7.00. The van der Waals surface area contributed by atoms with Crippen LogP contribution in [0.25, 0.3) is 10.9 Å². The van der Waals surface area contributed by atoms with Gasteiger partial charge in [0.2, 0.25) is 6.41 Å². The predicted octanol–water partition coefficient (Wildman–Crippen LogP) is 3.66. The number of carbonyl (C=O) groups excluding carboxylic acids is 1. The molecule has 0 unspecified atom stereocenters. The number of hydrogen-bond acceptors (Lipinski definition) is 4. The van der Waals surface area contributed by atoms with Crippen LogP contribution in [0.2, 0.25) is 0 Å². The fraction of sp³-hybridized carbons (Fsp3) is 0.364. The summed E-state index contributed by atoms with van der Waals surface area (Å²) >= 11 is 0. The summed E-state index contributed by atoms with van der Waals surface area (Å²) in [6, 6.07) is 12.2. The molecule has 1 amide bonds. The number of nitrogens with zero attached hydrogens (tertiary/aromatic N) is 2. The third-order valence-electron chi connectivity index (χ3n) is 5.46. The highest BCUT2D eigenvalue weighted by Crippen LogP contribution is 2.39. The van der Waals surface area contributed by atoms with Gasteiger partial charge in [0.05, 0.1) is 31.0 Å². The van der Waals surface area contributed by atoms with E-state index >= 15 is 0 Å². The quantitative estimate of drug-likeness (QED) is 0.636. The van der Waals surface area contributed by atoms with Gasteiger partial charge in [-0.15, -0.1) is 0 Å². The number of aromatic nitrogens is 2. The second kappa shape index (κ2) is 7.92. The standard InChI is InChI=1S/C22H25N3O3/c1-3-28-22-13-17-15(12-21(22)27-2)10-11-25(14-26)20(17)9-8-19-16-6-4-5-7-18(16)23-24-19/h4-7,12-14,20H,3,8-11H2,1-2H3,(H,23,24)/t20-/m0/s1. The summed E-state index contributed by atoms with van der Waals surface area (Å²) < 4.78 is 11.3. The van der Waals surface area contributed by atoms with Crippen LogP contribution in [0.5, 0.6) is 11.5 Å². The molecule has 0 aliphatic carbocycles. The summed E-state index contributed by atoms with van der Waals surface area (Å²) in [5, 5.41) is 8.72. The molecule has 4 rings (SSSR count). The largest absolute Gasteiger partial charge is 0.493 e. The van der Waals surface area contributed by atoms with Crippen LogP contribution >= 0.6 is 0 Å². The highest BCUT2D eigenvalue weighted by atomic mass is 16.5. The van der Waals surface area contributed by atoms with Crippen LogP contribution in [-0.2, 0) is 17.6 Å². The Labute approximate surface area is 164 Å². The van der Waals surface area contributed by atoms with Crippen LogP contribution in [0.3, 0.4) is 0 Å². The van der Waals surface area contributed by atoms with Crippen molar-refractivity contribution in [2.75, 3.05) is 20.3 Å². The lowest BCUT2D eigenvalue weighted by atomic mass is 9.89. The average molecular weight is 379 g/mol. The molecule has 2 heterocycles. The van der Waals surface area contributed by atoms with E-state index in [4.69, 9.17) is 9.47 Å². The van der Waals surface area contributed by atoms with Gasteiger partial charge < -0.3 is 14.4 Å². The molecule has 0 bridgehead atoms. The number of ether oxygens (including phenoxy) is 2. The van der Waals surface area contributed by atoms with E-state index in [0.717, 1.165) is 59.3 Å². The number of nitrogens with one attached hydrogen (secondary N) is 1. The average Bonchev–Trinajstić information content (AvgIpc) is 3.15. The Balaban J connectivity index is 1.65. The number of hydrogen-bond donors (Lipinski definition) is 1. The molecule has 1 atom stereocenters. The van der Waals surface area contributed by atoms with Crippen molar-refractivity contribution in [1.29, 1.82) is 0 Å². The SMILES string of the molecule is CCOc1cc2c(cc1OC)CCN(C=O)[C@H]2CCc1n[nH]c2ccccc12. The summed E-state index contributed by atoms with van der Waals surface area (Å²) in [6.07, 6.45) is 3.37. The summed E-state index contributed by atoms with van der Waals surface area (Å²) in [4.78, 5) is 13.6. The number of aromatic amines is 1. The Morgan fingerprint density at radius 3 is 2.93 bits per heavy atom. The molecule has 146 valence electrons. The molecule has 1 aliphatic rings. The summed E-state index contributed by atoms with van der Waals surface area (Å²) in [5.41, 5.74) is 4.43. The topological polar surface area (TPSA) is 67.5 Å². The van der Waals surface area contributed by atoms with Gasteiger partial charge in [-0.3, -0.25) is 9.89 Å². The van der Waals surface area contributed by atoms with Crippen molar-refractivity contribution in [1.82, 2.24) is 15.1 Å². The number of fused-ring (bicyclic) bond motifs is 2. The number of H-pyrrole nitrogens is 1. The van der Waals surface area contributed by atoms with Gasteiger partial charge in [0.1, 0.15) is 0 Å². The van der Waals surface area contributed by atoms with E-state index in [1.807, 2.05) is 36.1 Å². The van der Waals surface area contributed by atoms with Crippen LogP contribution in [0, 0.1) is 0 Å². The smallest absolute Gasteiger partial charge is 0.210 e. The fourth-order valence-electron chi connectivity index (χ4n) is 4.09. The van der Waals surface area contributed by atoms with Crippen molar-refractivity contribution in [3.8, 4) is 11.5 Å². The summed E-state index contributed by atoms with van der Waals surface area (Å²) in [7, 11) is 1.66. The first-order valence-corrected chi connectivity index (χ1v) is 9.71. The molecule has 0 radical (unpaired) electrons. The van der Waals surface area contributed by atoms with Crippen molar-refractivity contribution in [2.24, 2.45) is 0 Å². The Morgan fingerprint density at radius 2 is 2.14 bits per heavy atom. The van der Waals surface area contributed by atoms with Crippen molar-refractivity contribution in [2.45, 2.75) is 32.2 Å². The first-order chi connectivity index (χ1) is 13.7. The molecule has 0 saturated heterocycles. The zero-order chi connectivity index (χ0) is 19.5. The van der Waals surface area contributed by atoms with E-state index in [0.29, 0.717) is 13.2 Å². The van der Waals surface area contributed by atoms with Gasteiger partial charge in [-0.05, 0) is 55.5 Å². The molecular weight excluding hydrogens is 354 g/mol. The van der Waals surface area contributed by atoms with Gasteiger partial charge in [-0.1, -0.05) is 18.2 Å². The van der Waals surface area contributed by atoms with E-state index in [1.54, 1.807) is 7.11 Å². The van der Waals surface area contributed by atoms with Gasteiger partial charge in [0, 0.05) is 11.9 Å². The van der Waals surface area contributed by atoms with Crippen LogP contribution in [-0.4, -0.2) is 41.8 Å². The number of carbonyl (C=O) groups is 1. The fourth-order valence-corrected chi connectivity index (χ4v) is 4.09. The third kappa shape index (κ3) is 3.30. The number of amides is 1. The molecule has 1 aliphatic heterocycles. The highest BCUT2D eigenvalue weighted by Gasteiger charge is 2.28. The summed E-state index contributed by atoms with van der Waals surface area (Å²) in [5.74, 6) is 1.48. The molecule has 3 aromatic rings. The number of methoxy groups -OCH3 is 1. The molecule has 0 fully saturated rings. The van der Waals surface area contributed by atoms with Gasteiger partial charge >= 0.3 is 0 Å². The maximum Gasteiger partial charge on any atom is 0.210 e. The maximum absolute atomic E-state index is 11.7. The molecule has 1 N–H and O–H groups in total. The molecule has 2 aromatic carbocycles. The lowest BCUT2D eigenvalue weighted by Crippen LogP contribution is -2.34. The van der Waals surface area contributed by atoms with Gasteiger partial charge in [-0.25, -0.2) is 0 Å². The number of aryl methyl sites for hydroxylation is 1. The molecule has 0 spiro atoms. The Bertz CT molecular complexity index is 982. The zero-order valence-corrected chi connectivity index (χ0v) is 16.3. The van der Waals surface area contributed by atoms with E-state index < -0.39 is 0 Å². The minimum atomic E-state index is 0.00169. The number of para-hydroxylation sites is 1. The van der Waals surface area contributed by atoms with Gasteiger partial charge in [-0.2, -0.15) is 5.10 Å². The Hall–Kier alpha value is -3.02. The molecule has 1 aromatic heterocycles. The first-order valence-electron chi connectivity index (χ1n) is 9.71. The first kappa shape index (κ1) is 18.3. The van der Waals surface area contributed by atoms with Crippen LogP contribution < -0.4 is 9.47 Å². The number of benzene rings is 2. The lowest BCUT2D eigenvalue weighted by Gasteiger charge is -2.35. The van der Waals surface area contributed by atoms with Crippen molar-refractivity contribution in [3.63, 3.8) is 0 Å². The van der Waals surface area contributed by atoms with Crippen LogP contribution in [0.15, 0.2) is 36.4 Å². The third-order valence-corrected chi connectivity index (χ3v) is 5.46. The van der Waals surface area contributed by atoms with Gasteiger partial charge in [0.25, 0.3) is 0 Å². The maximum atomic E-state index is 11.7. The highest BCUT2D eigenvalue weighted by molar-refractivity contribution is 5.81. The lowest BCUT2D eigenvalue weighted by molar-refractivity contribution is -0.120. The monoisotopic (exact) mass is 379 g/mol. The van der Waals surface area contributed by atoms with E-state index in [9.17, 15) is 4.79 Å². The van der Waals surface area contributed by atoms with Crippen molar-refractivity contribution in [3.05, 3.63) is 53.2 Å². The van der Waals surface area contributed by atoms with E-state index in [1.165, 1.54) is 5.56 Å². The molecule has 6 nitrogen and oxygen atoms in total. The number of rotatable bonds is 7. The van der Waals surface area contributed by atoms with Gasteiger partial charge in [0.15, 0.2) is 11.5 Å². The minimum Gasteiger partial charge on any atom is -0.493 e. The second-order valence-electron chi connectivity index (χ2n) is 7.00. The Kier molecular flexibility index (Phi) is 5.19. The zero-order valence-electron chi connectivity index (χ0n) is 16.3. The van der Waals surface area contributed by atoms with Crippen LogP contribution in [0.1, 0.15) is 36.2 Å².